The Bertz CT molecular complexity index is 674. The molecule has 1 saturated carbocycles. The second-order valence-electron chi connectivity index (χ2n) is 7.46. The third-order valence-corrected chi connectivity index (χ3v) is 6.20. The molecule has 2 atom stereocenters. The first-order chi connectivity index (χ1) is 11.6. The number of aliphatic carboxylic acids is 1. The molecule has 5 heteroatoms. The van der Waals surface area contributed by atoms with Gasteiger partial charge in [0.2, 0.25) is 5.91 Å². The molecule has 0 aromatic heterocycles. The molecule has 3 aliphatic rings. The largest absolute Gasteiger partial charge is 0.481 e. The molecule has 0 radical (unpaired) electrons. The van der Waals surface area contributed by atoms with Crippen molar-refractivity contribution in [3.63, 3.8) is 0 Å². The number of para-hydroxylation sites is 1. The number of carboxylic acids is 1. The number of carbonyl (C=O) groups is 2. The number of anilines is 1. The molecule has 24 heavy (non-hydrogen) atoms. The molecule has 1 aromatic carbocycles. The number of hydrogen-bond donors (Lipinski definition) is 1. The Labute approximate surface area is 142 Å². The number of likely N-dealkylation sites (tertiary alicyclic amines) is 1. The molecule has 1 aliphatic carbocycles. The summed E-state index contributed by atoms with van der Waals surface area (Å²) in [5.74, 6) is -0.230. The van der Waals surface area contributed by atoms with E-state index >= 15 is 0 Å². The Morgan fingerprint density at radius 2 is 2.12 bits per heavy atom. The third-order valence-electron chi connectivity index (χ3n) is 6.20. The number of nitrogens with zero attached hydrogens (tertiary/aromatic N) is 2. The van der Waals surface area contributed by atoms with Crippen molar-refractivity contribution in [2.24, 2.45) is 11.3 Å². The van der Waals surface area contributed by atoms with Gasteiger partial charge in [0.25, 0.3) is 0 Å². The lowest BCUT2D eigenvalue weighted by Crippen LogP contribution is -2.37. The Morgan fingerprint density at radius 1 is 1.29 bits per heavy atom. The lowest BCUT2D eigenvalue weighted by molar-refractivity contribution is -0.149. The van der Waals surface area contributed by atoms with Crippen LogP contribution in [0.1, 0.15) is 31.2 Å². The molecule has 128 valence electrons. The predicted octanol–water partition coefficient (Wildman–Crippen LogP) is 2.15. The molecule has 1 amide bonds. The van der Waals surface area contributed by atoms with Gasteiger partial charge in [0, 0.05) is 38.3 Å². The second-order valence-corrected chi connectivity index (χ2v) is 7.46. The summed E-state index contributed by atoms with van der Waals surface area (Å²) >= 11 is 0. The van der Waals surface area contributed by atoms with Gasteiger partial charge in [0.1, 0.15) is 0 Å². The van der Waals surface area contributed by atoms with Crippen LogP contribution in [0.2, 0.25) is 0 Å². The van der Waals surface area contributed by atoms with Crippen LogP contribution in [0.3, 0.4) is 0 Å². The lowest BCUT2D eigenvalue weighted by atomic mass is 9.81. The highest BCUT2D eigenvalue weighted by Gasteiger charge is 2.54. The van der Waals surface area contributed by atoms with E-state index in [1.165, 1.54) is 5.56 Å². The summed E-state index contributed by atoms with van der Waals surface area (Å²) in [6, 6.07) is 8.09. The van der Waals surface area contributed by atoms with Crippen molar-refractivity contribution in [2.75, 3.05) is 31.1 Å². The normalized spacial score (nSPS) is 28.8. The van der Waals surface area contributed by atoms with Crippen LogP contribution in [0.15, 0.2) is 24.3 Å². The van der Waals surface area contributed by atoms with E-state index in [0.717, 1.165) is 44.5 Å². The molecular weight excluding hydrogens is 304 g/mol. The molecule has 2 aliphatic heterocycles. The number of rotatable bonds is 4. The Morgan fingerprint density at radius 3 is 2.92 bits per heavy atom. The number of carboxylic acid groups (broad SMARTS) is 1. The van der Waals surface area contributed by atoms with Crippen LogP contribution in [0.25, 0.3) is 0 Å². The molecule has 0 spiro atoms. The average molecular weight is 328 g/mol. The van der Waals surface area contributed by atoms with Crippen LogP contribution >= 0.6 is 0 Å². The zero-order valence-electron chi connectivity index (χ0n) is 13.9. The summed E-state index contributed by atoms with van der Waals surface area (Å²) in [6.07, 6.45) is 4.22. The molecule has 2 fully saturated rings. The van der Waals surface area contributed by atoms with Crippen LogP contribution in [0.4, 0.5) is 5.69 Å². The van der Waals surface area contributed by atoms with E-state index in [1.807, 2.05) is 23.1 Å². The number of amides is 1. The minimum atomic E-state index is -0.646. The summed E-state index contributed by atoms with van der Waals surface area (Å²) < 4.78 is 0. The Kier molecular flexibility index (Phi) is 3.83. The first kappa shape index (κ1) is 15.6. The van der Waals surface area contributed by atoms with Gasteiger partial charge in [0.05, 0.1) is 5.41 Å². The van der Waals surface area contributed by atoms with Crippen molar-refractivity contribution in [3.8, 4) is 0 Å². The monoisotopic (exact) mass is 328 g/mol. The Balaban J connectivity index is 1.37. The van der Waals surface area contributed by atoms with Crippen molar-refractivity contribution in [2.45, 2.75) is 32.1 Å². The average Bonchev–Trinajstić information content (AvgIpc) is 3.24. The highest BCUT2D eigenvalue weighted by Crippen LogP contribution is 2.48. The topological polar surface area (TPSA) is 60.9 Å². The van der Waals surface area contributed by atoms with Crippen LogP contribution < -0.4 is 4.90 Å². The van der Waals surface area contributed by atoms with E-state index in [1.54, 1.807) is 0 Å². The standard InChI is InChI=1S/C19H24N2O3/c22-17(21-11-7-14-4-1-2-6-16(14)21)8-10-20-12-15-5-3-9-19(15,13-20)18(23)24/h1-2,4,6,15H,3,5,7-13H2,(H,23,24)/t15-,19+/m0/s1. The molecule has 0 unspecified atom stereocenters. The van der Waals surface area contributed by atoms with E-state index in [-0.39, 0.29) is 11.8 Å². The highest BCUT2D eigenvalue weighted by molar-refractivity contribution is 5.95. The highest BCUT2D eigenvalue weighted by atomic mass is 16.4. The molecule has 1 saturated heterocycles. The maximum atomic E-state index is 12.6. The maximum absolute atomic E-state index is 12.6. The minimum Gasteiger partial charge on any atom is -0.481 e. The summed E-state index contributed by atoms with van der Waals surface area (Å²) in [5, 5.41) is 9.65. The summed E-state index contributed by atoms with van der Waals surface area (Å²) in [7, 11) is 0. The number of carbonyl (C=O) groups excluding carboxylic acids is 1. The maximum Gasteiger partial charge on any atom is 0.311 e. The van der Waals surface area contributed by atoms with Crippen LogP contribution in [-0.4, -0.2) is 48.1 Å². The van der Waals surface area contributed by atoms with E-state index in [0.29, 0.717) is 19.5 Å². The first-order valence-corrected chi connectivity index (χ1v) is 8.94. The van der Waals surface area contributed by atoms with Gasteiger partial charge in [-0.2, -0.15) is 0 Å². The van der Waals surface area contributed by atoms with Crippen LogP contribution in [0.5, 0.6) is 0 Å². The lowest BCUT2D eigenvalue weighted by Gasteiger charge is -2.24. The molecule has 2 heterocycles. The van der Waals surface area contributed by atoms with Gasteiger partial charge < -0.3 is 14.9 Å². The molecule has 4 rings (SSSR count). The number of hydrogen-bond acceptors (Lipinski definition) is 3. The van der Waals surface area contributed by atoms with Gasteiger partial charge in [0.15, 0.2) is 0 Å². The van der Waals surface area contributed by atoms with Gasteiger partial charge in [-0.15, -0.1) is 0 Å². The fourth-order valence-corrected chi connectivity index (χ4v) is 4.90. The smallest absolute Gasteiger partial charge is 0.311 e. The molecule has 5 nitrogen and oxygen atoms in total. The van der Waals surface area contributed by atoms with Crippen molar-refractivity contribution in [1.29, 1.82) is 0 Å². The molecule has 1 N–H and O–H groups in total. The fraction of sp³-hybridized carbons (Fsp3) is 0.579. The van der Waals surface area contributed by atoms with Crippen molar-refractivity contribution < 1.29 is 14.7 Å². The predicted molar refractivity (Wildman–Crippen MR) is 91.0 cm³/mol. The molecular formula is C19H24N2O3. The number of fused-ring (bicyclic) bond motifs is 2. The number of benzene rings is 1. The SMILES string of the molecule is O=C(CCN1C[C@@H]2CCC[C@@]2(C(=O)O)C1)N1CCc2ccccc21. The van der Waals surface area contributed by atoms with Crippen molar-refractivity contribution in [3.05, 3.63) is 29.8 Å². The third kappa shape index (κ3) is 2.42. The quantitative estimate of drug-likeness (QED) is 0.920. The zero-order valence-corrected chi connectivity index (χ0v) is 13.9. The van der Waals surface area contributed by atoms with Gasteiger partial charge >= 0.3 is 5.97 Å². The van der Waals surface area contributed by atoms with Gasteiger partial charge in [-0.3, -0.25) is 9.59 Å². The van der Waals surface area contributed by atoms with E-state index in [4.69, 9.17) is 0 Å². The van der Waals surface area contributed by atoms with Gasteiger partial charge in [-0.05, 0) is 36.8 Å². The fourth-order valence-electron chi connectivity index (χ4n) is 4.90. The van der Waals surface area contributed by atoms with E-state index in [2.05, 4.69) is 11.0 Å². The Hall–Kier alpha value is -1.88. The van der Waals surface area contributed by atoms with Gasteiger partial charge in [-0.1, -0.05) is 24.6 Å². The summed E-state index contributed by atoms with van der Waals surface area (Å²) in [6.45, 7) is 2.87. The van der Waals surface area contributed by atoms with Crippen molar-refractivity contribution in [1.82, 2.24) is 4.90 Å². The minimum absolute atomic E-state index is 0.154. The van der Waals surface area contributed by atoms with Crippen molar-refractivity contribution >= 4 is 17.6 Å². The van der Waals surface area contributed by atoms with Crippen LogP contribution in [-0.2, 0) is 16.0 Å². The molecule has 1 aromatic rings. The van der Waals surface area contributed by atoms with E-state index < -0.39 is 11.4 Å². The summed E-state index contributed by atoms with van der Waals surface area (Å²) in [5.41, 5.74) is 1.73. The zero-order chi connectivity index (χ0) is 16.7. The van der Waals surface area contributed by atoms with E-state index in [9.17, 15) is 14.7 Å². The first-order valence-electron chi connectivity index (χ1n) is 8.94. The summed E-state index contributed by atoms with van der Waals surface area (Å²) in [4.78, 5) is 28.4. The second kappa shape index (κ2) is 5.88. The van der Waals surface area contributed by atoms with Gasteiger partial charge in [-0.25, -0.2) is 0 Å². The molecule has 0 bridgehead atoms. The van der Waals surface area contributed by atoms with Crippen LogP contribution in [0, 0.1) is 11.3 Å².